The molecule has 2 fully saturated rings. The van der Waals surface area contributed by atoms with Crippen molar-refractivity contribution in [3.05, 3.63) is 35.5 Å². The second kappa shape index (κ2) is 15.5. The van der Waals surface area contributed by atoms with E-state index in [0.29, 0.717) is 10.9 Å². The molecule has 1 aromatic carbocycles. The van der Waals surface area contributed by atoms with Gasteiger partial charge < -0.3 is 34.4 Å². The van der Waals surface area contributed by atoms with Gasteiger partial charge in [-0.15, -0.1) is 0 Å². The normalized spacial score (nSPS) is 16.9. The van der Waals surface area contributed by atoms with Crippen molar-refractivity contribution in [2.24, 2.45) is 5.92 Å². The van der Waals surface area contributed by atoms with Gasteiger partial charge in [0.05, 0.1) is 19.2 Å². The fourth-order valence-corrected chi connectivity index (χ4v) is 5.85. The van der Waals surface area contributed by atoms with E-state index in [0.717, 1.165) is 37.7 Å². The number of benzene rings is 1. The lowest BCUT2D eigenvalue weighted by Crippen LogP contribution is -2.56. The minimum atomic E-state index is -1.15. The molecule has 3 amide bonds. The minimum absolute atomic E-state index is 0.0422. The molecule has 2 aliphatic rings. The van der Waals surface area contributed by atoms with Crippen LogP contribution in [0.4, 0.5) is 4.79 Å². The summed E-state index contributed by atoms with van der Waals surface area (Å²) >= 11 is 0. The van der Waals surface area contributed by atoms with Gasteiger partial charge in [0.15, 0.2) is 6.10 Å². The molecule has 1 aliphatic heterocycles. The number of aryl methyl sites for hydroxylation is 1. The molecule has 244 valence electrons. The number of aliphatic carboxylic acids is 1. The molecule has 0 spiro atoms. The highest BCUT2D eigenvalue weighted by molar-refractivity contribution is 5.99. The number of esters is 1. The van der Waals surface area contributed by atoms with Crippen LogP contribution in [-0.2, 0) is 23.9 Å². The van der Waals surface area contributed by atoms with Gasteiger partial charge >= 0.3 is 18.0 Å². The third-order valence-corrected chi connectivity index (χ3v) is 8.29. The fraction of sp³-hybridized carbons (Fsp3) is 0.562. The second-order valence-electron chi connectivity index (χ2n) is 11.5. The van der Waals surface area contributed by atoms with E-state index in [1.807, 2.05) is 19.1 Å². The van der Waals surface area contributed by atoms with Gasteiger partial charge in [0.25, 0.3) is 5.91 Å². The average Bonchev–Trinajstić information content (AvgIpc) is 3.04. The first-order valence-corrected chi connectivity index (χ1v) is 15.5. The number of aromatic nitrogens is 1. The first-order valence-electron chi connectivity index (χ1n) is 15.5. The van der Waals surface area contributed by atoms with Crippen molar-refractivity contribution in [1.82, 2.24) is 20.1 Å². The van der Waals surface area contributed by atoms with Crippen LogP contribution in [0.3, 0.4) is 0 Å². The van der Waals surface area contributed by atoms with Crippen molar-refractivity contribution < 1.29 is 43.3 Å². The molecule has 1 aliphatic carbocycles. The molecule has 2 N–H and O–H groups in total. The van der Waals surface area contributed by atoms with E-state index >= 15 is 0 Å². The molecule has 13 nitrogen and oxygen atoms in total. The lowest BCUT2D eigenvalue weighted by molar-refractivity contribution is -0.152. The Balaban J connectivity index is 1.59. The number of carboxylic acid groups (broad SMARTS) is 1. The Labute approximate surface area is 262 Å². The van der Waals surface area contributed by atoms with Crippen molar-refractivity contribution in [2.75, 3.05) is 39.9 Å². The molecule has 4 rings (SSSR count). The van der Waals surface area contributed by atoms with Gasteiger partial charge in [-0.05, 0) is 50.8 Å². The highest BCUT2D eigenvalue weighted by atomic mass is 16.6. The molecule has 1 saturated carbocycles. The van der Waals surface area contributed by atoms with Crippen molar-refractivity contribution in [3.8, 4) is 5.75 Å². The molecule has 0 bridgehead atoms. The lowest BCUT2D eigenvalue weighted by atomic mass is 9.85. The van der Waals surface area contributed by atoms with Crippen LogP contribution in [0.15, 0.2) is 24.3 Å². The highest BCUT2D eigenvalue weighted by Crippen LogP contribution is 2.33. The molecule has 1 saturated heterocycles. The number of hydrogen-bond acceptors (Lipinski definition) is 9. The Morgan fingerprint density at radius 3 is 2.36 bits per heavy atom. The smallest absolute Gasteiger partial charge is 0.409 e. The summed E-state index contributed by atoms with van der Waals surface area (Å²) in [4.78, 5) is 71.0. The molecule has 2 atom stereocenters. The predicted molar refractivity (Wildman–Crippen MR) is 163 cm³/mol. The number of hydrogen-bond donors (Lipinski definition) is 2. The number of ether oxygens (including phenoxy) is 3. The van der Waals surface area contributed by atoms with Gasteiger partial charge in [-0.1, -0.05) is 25.3 Å². The number of carboxylic acids is 1. The first-order chi connectivity index (χ1) is 21.6. The van der Waals surface area contributed by atoms with E-state index in [-0.39, 0.29) is 63.0 Å². The van der Waals surface area contributed by atoms with Crippen molar-refractivity contribution >= 4 is 40.7 Å². The third-order valence-electron chi connectivity index (χ3n) is 8.29. The zero-order valence-electron chi connectivity index (χ0n) is 26.1. The number of rotatable bonds is 11. The van der Waals surface area contributed by atoms with E-state index in [2.05, 4.69) is 10.3 Å². The van der Waals surface area contributed by atoms with Crippen LogP contribution < -0.4 is 10.1 Å². The molecule has 2 heterocycles. The summed E-state index contributed by atoms with van der Waals surface area (Å²) in [6.07, 6.45) is 2.87. The Bertz CT molecular complexity index is 1400. The van der Waals surface area contributed by atoms with E-state index in [9.17, 15) is 29.1 Å². The van der Waals surface area contributed by atoms with E-state index in [4.69, 9.17) is 14.2 Å². The summed E-state index contributed by atoms with van der Waals surface area (Å²) in [6, 6.07) is 5.80. The van der Waals surface area contributed by atoms with E-state index in [1.54, 1.807) is 13.0 Å². The number of nitrogens with one attached hydrogen (secondary N) is 1. The minimum Gasteiger partial charge on any atom is -0.481 e. The number of piperazine rings is 1. The molecule has 2 unspecified atom stereocenters. The molecule has 45 heavy (non-hydrogen) atoms. The SMILES string of the molecule is CCOC(=O)N1CCN(C(=O)C(CCC(=O)O)NC(=O)c2cc(OC(C(=O)OC)C3CCCCC3)c3ccc(C)cc3n2)CC1. The zero-order valence-corrected chi connectivity index (χ0v) is 26.1. The van der Waals surface area contributed by atoms with Crippen LogP contribution in [0.2, 0.25) is 0 Å². The van der Waals surface area contributed by atoms with Crippen LogP contribution >= 0.6 is 0 Å². The van der Waals surface area contributed by atoms with E-state index < -0.39 is 42.0 Å². The summed E-state index contributed by atoms with van der Waals surface area (Å²) in [5, 5.41) is 12.6. The average molecular weight is 627 g/mol. The van der Waals surface area contributed by atoms with Crippen molar-refractivity contribution in [2.45, 2.75) is 70.9 Å². The maximum Gasteiger partial charge on any atom is 0.409 e. The lowest BCUT2D eigenvalue weighted by Gasteiger charge is -2.36. The summed E-state index contributed by atoms with van der Waals surface area (Å²) in [5.74, 6) is -2.50. The van der Waals surface area contributed by atoms with Gasteiger partial charge in [0, 0.05) is 50.0 Å². The molecular weight excluding hydrogens is 584 g/mol. The molecule has 13 heteroatoms. The van der Waals surface area contributed by atoms with Crippen molar-refractivity contribution in [3.63, 3.8) is 0 Å². The summed E-state index contributed by atoms with van der Waals surface area (Å²) in [6.45, 7) is 4.74. The highest BCUT2D eigenvalue weighted by Gasteiger charge is 2.34. The predicted octanol–water partition coefficient (Wildman–Crippen LogP) is 3.31. The maximum absolute atomic E-state index is 13.7. The van der Waals surface area contributed by atoms with Gasteiger partial charge in [-0.2, -0.15) is 0 Å². The number of amides is 3. The fourth-order valence-electron chi connectivity index (χ4n) is 5.85. The Morgan fingerprint density at radius 1 is 1.02 bits per heavy atom. The molecule has 1 aromatic heterocycles. The number of carbonyl (C=O) groups is 5. The topological polar surface area (TPSA) is 165 Å². The van der Waals surface area contributed by atoms with Gasteiger partial charge in [0.2, 0.25) is 5.91 Å². The number of nitrogens with zero attached hydrogens (tertiary/aromatic N) is 3. The standard InChI is InChI=1S/C32H42N4O9/c1-4-44-32(42)36-16-14-35(15-17-36)30(40)23(12-13-27(37)38)34-29(39)25-19-26(22-11-10-20(2)18-24(22)33-25)45-28(31(41)43-3)21-8-6-5-7-9-21/h10-11,18-19,21,23,28H,4-9,12-17H2,1-3H3,(H,34,39)(H,37,38). The Hall–Kier alpha value is -4.42. The first kappa shape index (κ1) is 33.5. The number of carbonyl (C=O) groups excluding carboxylic acids is 4. The monoisotopic (exact) mass is 626 g/mol. The number of fused-ring (bicyclic) bond motifs is 1. The van der Waals surface area contributed by atoms with Gasteiger partial charge in [-0.25, -0.2) is 14.6 Å². The maximum atomic E-state index is 13.7. The van der Waals surface area contributed by atoms with E-state index in [1.165, 1.54) is 23.0 Å². The summed E-state index contributed by atoms with van der Waals surface area (Å²) < 4.78 is 16.5. The number of pyridine rings is 1. The van der Waals surface area contributed by atoms with Gasteiger partial charge in [0.1, 0.15) is 17.5 Å². The second-order valence-corrected chi connectivity index (χ2v) is 11.5. The van der Waals surface area contributed by atoms with Gasteiger partial charge in [-0.3, -0.25) is 14.4 Å². The van der Waals surface area contributed by atoms with Crippen molar-refractivity contribution in [1.29, 1.82) is 0 Å². The molecule has 0 radical (unpaired) electrons. The quantitative estimate of drug-likeness (QED) is 0.354. The molecule has 2 aromatic rings. The summed E-state index contributed by atoms with van der Waals surface area (Å²) in [7, 11) is 1.32. The van der Waals surface area contributed by atoms with Crippen LogP contribution in [0, 0.1) is 12.8 Å². The Kier molecular flexibility index (Phi) is 11.6. The zero-order chi connectivity index (χ0) is 32.5. The summed E-state index contributed by atoms with van der Waals surface area (Å²) in [5.41, 5.74) is 1.32. The van der Waals surface area contributed by atoms with Crippen LogP contribution in [0.1, 0.15) is 67.9 Å². The van der Waals surface area contributed by atoms with Crippen LogP contribution in [0.25, 0.3) is 10.9 Å². The van der Waals surface area contributed by atoms with Crippen LogP contribution in [-0.4, -0.2) is 102 Å². The number of methoxy groups -OCH3 is 1. The largest absolute Gasteiger partial charge is 0.481 e. The third kappa shape index (κ3) is 8.61. The van der Waals surface area contributed by atoms with Crippen LogP contribution in [0.5, 0.6) is 5.75 Å². The molecular formula is C32H42N4O9. The Morgan fingerprint density at radius 2 is 1.71 bits per heavy atom.